The van der Waals surface area contributed by atoms with Gasteiger partial charge in [0, 0.05) is 20.2 Å². The lowest BCUT2D eigenvalue weighted by Gasteiger charge is -2.24. The fraction of sp³-hybridized carbons (Fsp3) is 1.00. The van der Waals surface area contributed by atoms with E-state index in [0.29, 0.717) is 0 Å². The van der Waals surface area contributed by atoms with Crippen LogP contribution >= 0.6 is 0 Å². The van der Waals surface area contributed by atoms with Gasteiger partial charge in [-0.15, -0.1) is 0 Å². The molecule has 0 radical (unpaired) electrons. The Bertz CT molecular complexity index is 132. The molecular weight excluding hydrogens is 178 g/mol. The van der Waals surface area contributed by atoms with Gasteiger partial charge in [0.2, 0.25) is 0 Å². The molecule has 0 spiro atoms. The van der Waals surface area contributed by atoms with Gasteiger partial charge in [-0.2, -0.15) is 0 Å². The molecule has 0 bridgehead atoms. The number of methoxy groups -OCH3 is 1. The maximum Gasteiger partial charge on any atom is 0.0600 e. The molecule has 0 amide bonds. The van der Waals surface area contributed by atoms with E-state index in [1.54, 1.807) is 7.11 Å². The molecule has 0 fully saturated rings. The first-order chi connectivity index (χ1) is 6.49. The lowest BCUT2D eigenvalue weighted by molar-refractivity contribution is -0.0143. The minimum Gasteiger partial charge on any atom is -0.383 e. The van der Waals surface area contributed by atoms with E-state index >= 15 is 0 Å². The molecule has 0 aromatic rings. The summed E-state index contributed by atoms with van der Waals surface area (Å²) in [4.78, 5) is 2.33. The van der Waals surface area contributed by atoms with Crippen LogP contribution in [0.2, 0.25) is 0 Å². The van der Waals surface area contributed by atoms with E-state index in [9.17, 15) is 0 Å². The summed E-state index contributed by atoms with van der Waals surface area (Å²) in [6, 6.07) is 0. The van der Waals surface area contributed by atoms with Gasteiger partial charge in [-0.3, -0.25) is 4.90 Å². The Morgan fingerprint density at radius 1 is 1.07 bits per heavy atom. The zero-order chi connectivity index (χ0) is 11.0. The van der Waals surface area contributed by atoms with Gasteiger partial charge >= 0.3 is 0 Å². The number of nitrogens with zero attached hydrogens (tertiary/aromatic N) is 1. The highest BCUT2D eigenvalue weighted by Crippen LogP contribution is 2.06. The van der Waals surface area contributed by atoms with Crippen LogP contribution in [0.4, 0.5) is 0 Å². The zero-order valence-corrected chi connectivity index (χ0v) is 10.3. The second-order valence-electron chi connectivity index (χ2n) is 4.39. The smallest absolute Gasteiger partial charge is 0.0600 e. The van der Waals surface area contributed by atoms with E-state index in [2.05, 4.69) is 32.6 Å². The van der Waals surface area contributed by atoms with E-state index in [-0.39, 0.29) is 5.60 Å². The lowest BCUT2D eigenvalue weighted by atomic mass is 10.2. The summed E-state index contributed by atoms with van der Waals surface area (Å²) in [5.74, 6) is 0. The maximum atomic E-state index is 5.66. The van der Waals surface area contributed by atoms with E-state index < -0.39 is 0 Å². The Kier molecular flexibility index (Phi) is 7.15. The number of hydrogen-bond acceptors (Lipinski definition) is 3. The standard InChI is InChI=1S/C11H25NO2/c1-6-12(7-9-13-5)8-10-14-11(2,3)4/h6-10H2,1-5H3. The SMILES string of the molecule is CCN(CCOC)CCOC(C)(C)C. The minimum absolute atomic E-state index is 0.0271. The Morgan fingerprint density at radius 2 is 1.64 bits per heavy atom. The third kappa shape index (κ3) is 8.48. The first-order valence-corrected chi connectivity index (χ1v) is 5.35. The predicted molar refractivity (Wildman–Crippen MR) is 59.7 cm³/mol. The van der Waals surface area contributed by atoms with Crippen LogP contribution in [-0.2, 0) is 9.47 Å². The first-order valence-electron chi connectivity index (χ1n) is 5.35. The number of ether oxygens (including phenoxy) is 2. The molecule has 14 heavy (non-hydrogen) atoms. The van der Waals surface area contributed by atoms with Crippen molar-refractivity contribution < 1.29 is 9.47 Å². The largest absolute Gasteiger partial charge is 0.383 e. The van der Waals surface area contributed by atoms with Gasteiger partial charge in [0.05, 0.1) is 18.8 Å². The molecule has 3 nitrogen and oxygen atoms in total. The van der Waals surface area contributed by atoms with Crippen molar-refractivity contribution in [3.63, 3.8) is 0 Å². The van der Waals surface area contributed by atoms with E-state index in [1.807, 2.05) is 0 Å². The zero-order valence-electron chi connectivity index (χ0n) is 10.3. The van der Waals surface area contributed by atoms with Crippen molar-refractivity contribution in [3.05, 3.63) is 0 Å². The summed E-state index contributed by atoms with van der Waals surface area (Å²) in [5, 5.41) is 0. The molecule has 0 saturated carbocycles. The van der Waals surface area contributed by atoms with Crippen molar-refractivity contribution in [1.29, 1.82) is 0 Å². The van der Waals surface area contributed by atoms with Crippen LogP contribution in [0.15, 0.2) is 0 Å². The van der Waals surface area contributed by atoms with Crippen molar-refractivity contribution in [1.82, 2.24) is 4.90 Å². The van der Waals surface area contributed by atoms with Gasteiger partial charge in [0.15, 0.2) is 0 Å². The molecule has 0 atom stereocenters. The van der Waals surface area contributed by atoms with Crippen LogP contribution in [0.25, 0.3) is 0 Å². The molecule has 0 N–H and O–H groups in total. The van der Waals surface area contributed by atoms with Crippen molar-refractivity contribution in [2.24, 2.45) is 0 Å². The monoisotopic (exact) mass is 203 g/mol. The van der Waals surface area contributed by atoms with Crippen LogP contribution in [-0.4, -0.2) is 50.5 Å². The van der Waals surface area contributed by atoms with Gasteiger partial charge in [-0.1, -0.05) is 6.92 Å². The average Bonchev–Trinajstić information content (AvgIpc) is 2.09. The van der Waals surface area contributed by atoms with Gasteiger partial charge < -0.3 is 9.47 Å². The topological polar surface area (TPSA) is 21.7 Å². The maximum absolute atomic E-state index is 5.66. The molecule has 0 aliphatic heterocycles. The van der Waals surface area contributed by atoms with Crippen LogP contribution in [0.5, 0.6) is 0 Å². The molecular formula is C11H25NO2. The second kappa shape index (κ2) is 7.21. The Balaban J connectivity index is 3.52. The molecule has 0 unspecified atom stereocenters. The Morgan fingerprint density at radius 3 is 2.07 bits per heavy atom. The molecule has 0 saturated heterocycles. The fourth-order valence-electron chi connectivity index (χ4n) is 1.13. The van der Waals surface area contributed by atoms with Crippen molar-refractivity contribution in [2.45, 2.75) is 33.3 Å². The van der Waals surface area contributed by atoms with Crippen molar-refractivity contribution in [3.8, 4) is 0 Å². The van der Waals surface area contributed by atoms with Gasteiger partial charge in [0.25, 0.3) is 0 Å². The molecule has 0 rings (SSSR count). The highest BCUT2D eigenvalue weighted by atomic mass is 16.5. The molecule has 0 aliphatic carbocycles. The highest BCUT2D eigenvalue weighted by Gasteiger charge is 2.10. The number of likely N-dealkylation sites (N-methyl/N-ethyl adjacent to an activating group) is 1. The quantitative estimate of drug-likeness (QED) is 0.629. The number of rotatable bonds is 7. The second-order valence-corrected chi connectivity index (χ2v) is 4.39. The summed E-state index contributed by atoms with van der Waals surface area (Å²) in [6.45, 7) is 13.0. The minimum atomic E-state index is -0.0271. The van der Waals surface area contributed by atoms with Crippen LogP contribution < -0.4 is 0 Å². The van der Waals surface area contributed by atoms with Gasteiger partial charge in [-0.25, -0.2) is 0 Å². The summed E-state index contributed by atoms with van der Waals surface area (Å²) in [5.41, 5.74) is -0.0271. The summed E-state index contributed by atoms with van der Waals surface area (Å²) < 4.78 is 10.7. The third-order valence-corrected chi connectivity index (χ3v) is 2.00. The van der Waals surface area contributed by atoms with Crippen molar-refractivity contribution >= 4 is 0 Å². The normalized spacial score (nSPS) is 12.4. The van der Waals surface area contributed by atoms with E-state index in [4.69, 9.17) is 9.47 Å². The Labute approximate surface area is 88.4 Å². The lowest BCUT2D eigenvalue weighted by Crippen LogP contribution is -2.33. The third-order valence-electron chi connectivity index (χ3n) is 2.00. The molecule has 86 valence electrons. The fourth-order valence-corrected chi connectivity index (χ4v) is 1.13. The van der Waals surface area contributed by atoms with Gasteiger partial charge in [-0.05, 0) is 27.3 Å². The van der Waals surface area contributed by atoms with Crippen LogP contribution in [0.3, 0.4) is 0 Å². The molecule has 0 heterocycles. The first kappa shape index (κ1) is 13.9. The Hall–Kier alpha value is -0.120. The summed E-state index contributed by atoms with van der Waals surface area (Å²) >= 11 is 0. The van der Waals surface area contributed by atoms with E-state index in [1.165, 1.54) is 0 Å². The summed E-state index contributed by atoms with van der Waals surface area (Å²) in [7, 11) is 1.74. The van der Waals surface area contributed by atoms with Gasteiger partial charge in [0.1, 0.15) is 0 Å². The molecule has 0 aromatic carbocycles. The summed E-state index contributed by atoms with van der Waals surface area (Å²) in [6.07, 6.45) is 0. The molecule has 3 heteroatoms. The molecule has 0 aromatic heterocycles. The van der Waals surface area contributed by atoms with Crippen molar-refractivity contribution in [2.75, 3.05) is 40.0 Å². The highest BCUT2D eigenvalue weighted by molar-refractivity contribution is 4.60. The molecule has 0 aliphatic rings. The van der Waals surface area contributed by atoms with Crippen LogP contribution in [0, 0.1) is 0 Å². The van der Waals surface area contributed by atoms with Crippen LogP contribution in [0.1, 0.15) is 27.7 Å². The van der Waals surface area contributed by atoms with E-state index in [0.717, 1.165) is 32.8 Å². The predicted octanol–water partition coefficient (Wildman–Crippen LogP) is 1.77. The number of hydrogen-bond donors (Lipinski definition) is 0. The average molecular weight is 203 g/mol.